The van der Waals surface area contributed by atoms with Gasteiger partial charge >= 0.3 is 0 Å². The molecule has 0 fully saturated rings. The lowest BCUT2D eigenvalue weighted by molar-refractivity contribution is 0.175. The molecule has 1 aromatic carbocycles. The molecular formula is C15H21N3O2. The molecule has 0 saturated carbocycles. The minimum Gasteiger partial charge on any atom is -0.396 e. The second kappa shape index (κ2) is 7.17. The number of nitrogens with zero attached hydrogens (tertiary/aromatic N) is 3. The molecule has 1 heterocycles. The van der Waals surface area contributed by atoms with Crippen LogP contribution in [0.1, 0.15) is 36.7 Å². The second-order valence-electron chi connectivity index (χ2n) is 4.81. The summed E-state index contributed by atoms with van der Waals surface area (Å²) in [5.74, 6) is 1.34. The van der Waals surface area contributed by atoms with E-state index >= 15 is 0 Å². The Morgan fingerprint density at radius 2 is 2.05 bits per heavy atom. The van der Waals surface area contributed by atoms with E-state index in [0.717, 1.165) is 6.42 Å². The monoisotopic (exact) mass is 275 g/mol. The van der Waals surface area contributed by atoms with Gasteiger partial charge in [0, 0.05) is 19.1 Å². The number of hydrogen-bond donors (Lipinski definition) is 1. The van der Waals surface area contributed by atoms with Crippen molar-refractivity contribution in [3.8, 4) is 0 Å². The summed E-state index contributed by atoms with van der Waals surface area (Å²) in [5.41, 5.74) is 1.18. The van der Waals surface area contributed by atoms with Crippen molar-refractivity contribution in [3.63, 3.8) is 0 Å². The van der Waals surface area contributed by atoms with Gasteiger partial charge in [0.2, 0.25) is 5.89 Å². The minimum absolute atomic E-state index is 0.143. The van der Waals surface area contributed by atoms with Crippen molar-refractivity contribution in [1.82, 2.24) is 15.0 Å². The van der Waals surface area contributed by atoms with Crippen LogP contribution in [-0.2, 0) is 13.0 Å². The van der Waals surface area contributed by atoms with Crippen LogP contribution in [0.5, 0.6) is 0 Å². The number of aryl methyl sites for hydroxylation is 1. The number of aliphatic hydroxyl groups excluding tert-OH is 1. The zero-order valence-electron chi connectivity index (χ0n) is 12.0. The van der Waals surface area contributed by atoms with Crippen LogP contribution < -0.4 is 0 Å². The average molecular weight is 275 g/mol. The zero-order valence-corrected chi connectivity index (χ0v) is 12.0. The molecule has 2 aromatic rings. The second-order valence-corrected chi connectivity index (χ2v) is 4.81. The van der Waals surface area contributed by atoms with Gasteiger partial charge < -0.3 is 9.63 Å². The van der Waals surface area contributed by atoms with E-state index in [1.54, 1.807) is 0 Å². The Kier molecular flexibility index (Phi) is 5.26. The first kappa shape index (κ1) is 14.7. The topological polar surface area (TPSA) is 62.4 Å². The largest absolute Gasteiger partial charge is 0.396 e. The molecule has 0 aliphatic carbocycles. The lowest BCUT2D eigenvalue weighted by Crippen LogP contribution is -2.25. The van der Waals surface area contributed by atoms with Gasteiger partial charge in [0.25, 0.3) is 0 Å². The van der Waals surface area contributed by atoms with Crippen molar-refractivity contribution >= 4 is 0 Å². The Hall–Kier alpha value is -1.72. The molecule has 0 amide bonds. The molecule has 0 aliphatic rings. The highest BCUT2D eigenvalue weighted by molar-refractivity contribution is 5.19. The molecule has 5 nitrogen and oxygen atoms in total. The van der Waals surface area contributed by atoms with Crippen LogP contribution in [0.15, 0.2) is 34.9 Å². The molecule has 5 heteroatoms. The molecule has 1 aromatic heterocycles. The molecule has 2 rings (SSSR count). The van der Waals surface area contributed by atoms with Crippen molar-refractivity contribution in [2.24, 2.45) is 0 Å². The van der Waals surface area contributed by atoms with Crippen LogP contribution in [0.25, 0.3) is 0 Å². The fourth-order valence-corrected chi connectivity index (χ4v) is 2.27. The average Bonchev–Trinajstić information content (AvgIpc) is 2.93. The van der Waals surface area contributed by atoms with E-state index in [0.29, 0.717) is 24.7 Å². The van der Waals surface area contributed by atoms with Crippen molar-refractivity contribution in [3.05, 3.63) is 47.6 Å². The SMILES string of the molecule is CCc1nc(CN(C)[C@@H](CCO)c2ccccc2)no1. The smallest absolute Gasteiger partial charge is 0.226 e. The van der Waals surface area contributed by atoms with Crippen LogP contribution in [0.3, 0.4) is 0 Å². The van der Waals surface area contributed by atoms with Gasteiger partial charge in [0.15, 0.2) is 5.82 Å². The van der Waals surface area contributed by atoms with E-state index in [1.165, 1.54) is 5.56 Å². The van der Waals surface area contributed by atoms with Crippen molar-refractivity contribution in [2.45, 2.75) is 32.4 Å². The highest BCUT2D eigenvalue weighted by atomic mass is 16.5. The van der Waals surface area contributed by atoms with Gasteiger partial charge in [-0.2, -0.15) is 4.98 Å². The molecule has 0 bridgehead atoms. The van der Waals surface area contributed by atoms with Gasteiger partial charge in [-0.05, 0) is 19.0 Å². The quantitative estimate of drug-likeness (QED) is 0.839. The van der Waals surface area contributed by atoms with E-state index in [1.807, 2.05) is 32.2 Å². The molecule has 0 aliphatic heterocycles. The molecule has 0 unspecified atom stereocenters. The lowest BCUT2D eigenvalue weighted by atomic mass is 10.0. The molecule has 1 atom stereocenters. The van der Waals surface area contributed by atoms with Crippen LogP contribution in [0.4, 0.5) is 0 Å². The first-order valence-corrected chi connectivity index (χ1v) is 6.92. The molecule has 1 N–H and O–H groups in total. The molecule has 0 radical (unpaired) electrons. The number of aliphatic hydroxyl groups is 1. The van der Waals surface area contributed by atoms with Crippen LogP contribution in [0, 0.1) is 0 Å². The maximum absolute atomic E-state index is 9.28. The first-order chi connectivity index (χ1) is 9.74. The van der Waals surface area contributed by atoms with Gasteiger partial charge in [-0.3, -0.25) is 4.90 Å². The summed E-state index contributed by atoms with van der Waals surface area (Å²) in [7, 11) is 2.01. The maximum atomic E-state index is 9.28. The molecule has 20 heavy (non-hydrogen) atoms. The fourth-order valence-electron chi connectivity index (χ4n) is 2.27. The van der Waals surface area contributed by atoms with Gasteiger partial charge in [-0.15, -0.1) is 0 Å². The summed E-state index contributed by atoms with van der Waals surface area (Å²) in [4.78, 5) is 6.46. The van der Waals surface area contributed by atoms with Gasteiger partial charge in [0.1, 0.15) is 0 Å². The predicted octanol–water partition coefficient (Wildman–Crippen LogP) is 2.19. The predicted molar refractivity (Wildman–Crippen MR) is 76.0 cm³/mol. The number of rotatable bonds is 7. The first-order valence-electron chi connectivity index (χ1n) is 6.92. The van der Waals surface area contributed by atoms with Crippen molar-refractivity contribution in [2.75, 3.05) is 13.7 Å². The Balaban J connectivity index is 2.08. The third kappa shape index (κ3) is 3.65. The molecule has 0 spiro atoms. The zero-order chi connectivity index (χ0) is 14.4. The van der Waals surface area contributed by atoms with Crippen LogP contribution in [0.2, 0.25) is 0 Å². The van der Waals surface area contributed by atoms with E-state index < -0.39 is 0 Å². The Morgan fingerprint density at radius 1 is 1.30 bits per heavy atom. The fraction of sp³-hybridized carbons (Fsp3) is 0.467. The van der Waals surface area contributed by atoms with Gasteiger partial charge in [0.05, 0.1) is 6.54 Å². The van der Waals surface area contributed by atoms with E-state index in [-0.39, 0.29) is 12.6 Å². The van der Waals surface area contributed by atoms with Gasteiger partial charge in [-0.1, -0.05) is 42.4 Å². The number of aromatic nitrogens is 2. The third-order valence-corrected chi connectivity index (χ3v) is 3.32. The minimum atomic E-state index is 0.143. The maximum Gasteiger partial charge on any atom is 0.226 e. The van der Waals surface area contributed by atoms with Crippen molar-refractivity contribution in [1.29, 1.82) is 0 Å². The van der Waals surface area contributed by atoms with Crippen molar-refractivity contribution < 1.29 is 9.63 Å². The lowest BCUT2D eigenvalue weighted by Gasteiger charge is -2.26. The summed E-state index contributed by atoms with van der Waals surface area (Å²) in [5, 5.41) is 13.3. The van der Waals surface area contributed by atoms with E-state index in [9.17, 15) is 5.11 Å². The van der Waals surface area contributed by atoms with E-state index in [4.69, 9.17) is 4.52 Å². The van der Waals surface area contributed by atoms with Crippen LogP contribution in [-0.4, -0.2) is 33.8 Å². The molecule has 108 valence electrons. The normalized spacial score (nSPS) is 12.8. The Bertz CT molecular complexity index is 513. The summed E-state index contributed by atoms with van der Waals surface area (Å²) in [6.45, 7) is 2.74. The standard InChI is InChI=1S/C15H21N3O2/c1-3-15-16-14(17-20-15)11-18(2)13(9-10-19)12-7-5-4-6-8-12/h4-8,13,19H,3,9-11H2,1-2H3/t13-/m0/s1. The summed E-state index contributed by atoms with van der Waals surface area (Å²) >= 11 is 0. The summed E-state index contributed by atoms with van der Waals surface area (Å²) in [6, 6.07) is 10.3. The third-order valence-electron chi connectivity index (χ3n) is 3.32. The summed E-state index contributed by atoms with van der Waals surface area (Å²) in [6.07, 6.45) is 1.43. The summed E-state index contributed by atoms with van der Waals surface area (Å²) < 4.78 is 5.12. The van der Waals surface area contributed by atoms with Gasteiger partial charge in [-0.25, -0.2) is 0 Å². The molecule has 0 saturated heterocycles. The number of hydrogen-bond acceptors (Lipinski definition) is 5. The molecular weight excluding hydrogens is 254 g/mol. The number of benzene rings is 1. The Labute approximate surface area is 119 Å². The highest BCUT2D eigenvalue weighted by Gasteiger charge is 2.18. The van der Waals surface area contributed by atoms with E-state index in [2.05, 4.69) is 27.2 Å². The van der Waals surface area contributed by atoms with Crippen LogP contribution >= 0.6 is 0 Å². The Morgan fingerprint density at radius 3 is 2.65 bits per heavy atom. The highest BCUT2D eigenvalue weighted by Crippen LogP contribution is 2.23.